The Labute approximate surface area is 128 Å². The third kappa shape index (κ3) is 3.20. The third-order valence-corrected chi connectivity index (χ3v) is 3.92. The van der Waals surface area contributed by atoms with Crippen molar-refractivity contribution in [3.8, 4) is 0 Å². The molecule has 1 aliphatic carbocycles. The summed E-state index contributed by atoms with van der Waals surface area (Å²) in [5.41, 5.74) is -1.12. The maximum Gasteiger partial charge on any atom is 0.285 e. The van der Waals surface area contributed by atoms with Crippen molar-refractivity contribution in [1.29, 1.82) is 0 Å². The zero-order valence-corrected chi connectivity index (χ0v) is 12.6. The Hall–Kier alpha value is -1.57. The zero-order valence-electron chi connectivity index (χ0n) is 11.0. The van der Waals surface area contributed by atoms with Gasteiger partial charge < -0.3 is 4.90 Å². The topological polar surface area (TPSA) is 63.4 Å². The van der Waals surface area contributed by atoms with Gasteiger partial charge in [-0.15, -0.1) is 0 Å². The molecular weight excluding hydrogens is 350 g/mol. The quantitative estimate of drug-likeness (QED) is 0.458. The smallest absolute Gasteiger partial charge is 0.285 e. The summed E-state index contributed by atoms with van der Waals surface area (Å²) in [5.74, 6) is -3.24. The maximum atomic E-state index is 13.4. The predicted octanol–water partition coefficient (Wildman–Crippen LogP) is 3.26. The highest BCUT2D eigenvalue weighted by atomic mass is 79.9. The highest BCUT2D eigenvalue weighted by molar-refractivity contribution is 9.09. The molecular formula is C13H13BrF2N2O3. The lowest BCUT2D eigenvalue weighted by molar-refractivity contribution is -0.385. The number of hydrogen-bond acceptors (Lipinski definition) is 3. The summed E-state index contributed by atoms with van der Waals surface area (Å²) in [6, 6.07) is 1.06. The Morgan fingerprint density at radius 3 is 2.48 bits per heavy atom. The SMILES string of the molecule is O=C(c1cc(F)c(F)cc1[N+](=O)[O-])N(CCBr)C1CCC1. The molecule has 0 saturated heterocycles. The van der Waals surface area contributed by atoms with Crippen LogP contribution in [0.25, 0.3) is 0 Å². The van der Waals surface area contributed by atoms with Crippen LogP contribution in [0, 0.1) is 21.7 Å². The molecule has 8 heteroatoms. The van der Waals surface area contributed by atoms with Crippen molar-refractivity contribution in [3.63, 3.8) is 0 Å². The van der Waals surface area contributed by atoms with E-state index in [1.54, 1.807) is 0 Å². The lowest BCUT2D eigenvalue weighted by Crippen LogP contribution is -2.45. The summed E-state index contributed by atoms with van der Waals surface area (Å²) in [6.07, 6.45) is 2.61. The number of rotatable bonds is 5. The normalized spacial score (nSPS) is 14.6. The number of nitro benzene ring substituents is 1. The molecule has 1 amide bonds. The summed E-state index contributed by atoms with van der Waals surface area (Å²) in [6.45, 7) is 0.361. The fraction of sp³-hybridized carbons (Fsp3) is 0.462. The van der Waals surface area contributed by atoms with Gasteiger partial charge in [-0.05, 0) is 25.3 Å². The van der Waals surface area contributed by atoms with Gasteiger partial charge in [0, 0.05) is 17.9 Å². The van der Waals surface area contributed by atoms with Crippen LogP contribution >= 0.6 is 15.9 Å². The van der Waals surface area contributed by atoms with Crippen LogP contribution < -0.4 is 0 Å². The standard InChI is InChI=1S/C13H13BrF2N2O3/c14-4-5-17(8-2-1-3-8)13(19)9-6-10(15)11(16)7-12(9)18(20)21/h6-8H,1-5H2. The molecule has 0 heterocycles. The van der Waals surface area contributed by atoms with E-state index in [-0.39, 0.29) is 6.04 Å². The van der Waals surface area contributed by atoms with Crippen molar-refractivity contribution in [2.45, 2.75) is 25.3 Å². The minimum absolute atomic E-state index is 0.00256. The molecule has 2 rings (SSSR count). The van der Waals surface area contributed by atoms with Crippen molar-refractivity contribution in [1.82, 2.24) is 4.90 Å². The van der Waals surface area contributed by atoms with Crippen LogP contribution in [-0.2, 0) is 0 Å². The molecule has 0 atom stereocenters. The third-order valence-electron chi connectivity index (χ3n) is 3.57. The summed E-state index contributed by atoms with van der Waals surface area (Å²) < 4.78 is 26.5. The average molecular weight is 363 g/mol. The van der Waals surface area contributed by atoms with Crippen LogP contribution in [0.4, 0.5) is 14.5 Å². The van der Waals surface area contributed by atoms with E-state index in [0.29, 0.717) is 24.0 Å². The van der Waals surface area contributed by atoms with Gasteiger partial charge in [-0.1, -0.05) is 15.9 Å². The molecule has 114 valence electrons. The van der Waals surface area contributed by atoms with Gasteiger partial charge in [-0.2, -0.15) is 0 Å². The van der Waals surface area contributed by atoms with Crippen LogP contribution in [0.15, 0.2) is 12.1 Å². The van der Waals surface area contributed by atoms with E-state index < -0.39 is 33.7 Å². The van der Waals surface area contributed by atoms with Crippen LogP contribution in [0.1, 0.15) is 29.6 Å². The predicted molar refractivity (Wildman–Crippen MR) is 75.5 cm³/mol. The molecule has 1 saturated carbocycles. The molecule has 0 aliphatic heterocycles. The van der Waals surface area contributed by atoms with Gasteiger partial charge in [-0.25, -0.2) is 8.78 Å². The first kappa shape index (κ1) is 15.8. The summed E-state index contributed by atoms with van der Waals surface area (Å²) in [5, 5.41) is 11.5. The van der Waals surface area contributed by atoms with Gasteiger partial charge in [0.25, 0.3) is 11.6 Å². The number of nitro groups is 1. The second kappa shape index (κ2) is 6.46. The lowest BCUT2D eigenvalue weighted by Gasteiger charge is -2.37. The molecule has 1 aliphatic rings. The van der Waals surface area contributed by atoms with Crippen molar-refractivity contribution in [2.75, 3.05) is 11.9 Å². The molecule has 0 spiro atoms. The second-order valence-electron chi connectivity index (χ2n) is 4.81. The van der Waals surface area contributed by atoms with Gasteiger partial charge in [-0.3, -0.25) is 14.9 Å². The van der Waals surface area contributed by atoms with Gasteiger partial charge in [0.05, 0.1) is 11.0 Å². The number of carbonyl (C=O) groups is 1. The number of amides is 1. The second-order valence-corrected chi connectivity index (χ2v) is 5.61. The van der Waals surface area contributed by atoms with Crippen LogP contribution in [-0.4, -0.2) is 33.6 Å². The molecule has 5 nitrogen and oxygen atoms in total. The highest BCUT2D eigenvalue weighted by Gasteiger charge is 2.33. The molecule has 21 heavy (non-hydrogen) atoms. The number of halogens is 3. The molecule has 0 radical (unpaired) electrons. The van der Waals surface area contributed by atoms with Crippen molar-refractivity contribution in [2.24, 2.45) is 0 Å². The Balaban J connectivity index is 2.40. The zero-order chi connectivity index (χ0) is 15.6. The van der Waals surface area contributed by atoms with Gasteiger partial charge >= 0.3 is 0 Å². The molecule has 0 aromatic heterocycles. The minimum atomic E-state index is -1.34. The number of nitrogens with zero attached hydrogens (tertiary/aromatic N) is 2. The Kier molecular flexibility index (Phi) is 4.87. The van der Waals surface area contributed by atoms with E-state index in [1.807, 2.05) is 0 Å². The van der Waals surface area contributed by atoms with E-state index in [2.05, 4.69) is 15.9 Å². The molecule has 1 fully saturated rings. The lowest BCUT2D eigenvalue weighted by atomic mass is 9.91. The van der Waals surface area contributed by atoms with Gasteiger partial charge in [0.2, 0.25) is 0 Å². The van der Waals surface area contributed by atoms with Crippen LogP contribution in [0.2, 0.25) is 0 Å². The van der Waals surface area contributed by atoms with Crippen LogP contribution in [0.5, 0.6) is 0 Å². The van der Waals surface area contributed by atoms with E-state index in [4.69, 9.17) is 0 Å². The van der Waals surface area contributed by atoms with Crippen molar-refractivity contribution < 1.29 is 18.5 Å². The van der Waals surface area contributed by atoms with Gasteiger partial charge in [0.15, 0.2) is 11.6 Å². The fourth-order valence-electron chi connectivity index (χ4n) is 2.25. The van der Waals surface area contributed by atoms with E-state index in [0.717, 1.165) is 19.3 Å². The monoisotopic (exact) mass is 362 g/mol. The number of hydrogen-bond donors (Lipinski definition) is 0. The molecule has 0 bridgehead atoms. The Morgan fingerprint density at radius 1 is 1.38 bits per heavy atom. The fourth-order valence-corrected chi connectivity index (χ4v) is 2.63. The first-order valence-electron chi connectivity index (χ1n) is 6.46. The van der Waals surface area contributed by atoms with Crippen molar-refractivity contribution in [3.05, 3.63) is 39.4 Å². The average Bonchev–Trinajstić information content (AvgIpc) is 2.37. The Bertz CT molecular complexity index is 579. The maximum absolute atomic E-state index is 13.4. The Morgan fingerprint density at radius 2 is 2.00 bits per heavy atom. The summed E-state index contributed by atoms with van der Waals surface area (Å²) >= 11 is 3.22. The first-order chi connectivity index (χ1) is 9.95. The largest absolute Gasteiger partial charge is 0.335 e. The van der Waals surface area contributed by atoms with Gasteiger partial charge in [0.1, 0.15) is 5.56 Å². The number of benzene rings is 1. The van der Waals surface area contributed by atoms with E-state index >= 15 is 0 Å². The number of alkyl halides is 1. The molecule has 1 aromatic carbocycles. The molecule has 0 unspecified atom stereocenters. The van der Waals surface area contributed by atoms with E-state index in [1.165, 1.54) is 4.90 Å². The number of carbonyl (C=O) groups excluding carboxylic acids is 1. The summed E-state index contributed by atoms with van der Waals surface area (Å²) in [4.78, 5) is 24.0. The molecule has 0 N–H and O–H groups in total. The van der Waals surface area contributed by atoms with Crippen LogP contribution in [0.3, 0.4) is 0 Å². The van der Waals surface area contributed by atoms with Crippen molar-refractivity contribution >= 4 is 27.5 Å². The van der Waals surface area contributed by atoms with E-state index in [9.17, 15) is 23.7 Å². The highest BCUT2D eigenvalue weighted by Crippen LogP contribution is 2.29. The summed E-state index contributed by atoms with van der Waals surface area (Å²) in [7, 11) is 0. The minimum Gasteiger partial charge on any atom is -0.335 e. The molecule has 1 aromatic rings. The first-order valence-corrected chi connectivity index (χ1v) is 7.58.